The first-order chi connectivity index (χ1) is 18.3. The molecule has 3 rings (SSSR count). The molecule has 0 amide bonds. The highest BCUT2D eigenvalue weighted by molar-refractivity contribution is 7.98. The maximum Gasteiger partial charge on any atom is 0.406 e. The van der Waals surface area contributed by atoms with Crippen LogP contribution < -0.4 is 10.6 Å². The molecule has 3 nitrogen and oxygen atoms in total. The molecule has 0 aliphatic rings. The molecule has 2 aromatic carbocycles. The molecule has 0 aliphatic carbocycles. The Bertz CT molecular complexity index is 1200. The van der Waals surface area contributed by atoms with E-state index in [1.54, 1.807) is 23.9 Å². The molecule has 2 N–H and O–H groups in total. The van der Waals surface area contributed by atoms with Gasteiger partial charge in [-0.1, -0.05) is 59.4 Å². The average molecular weight is 546 g/mol. The lowest BCUT2D eigenvalue weighted by Gasteiger charge is -2.19. The highest BCUT2D eigenvalue weighted by Crippen LogP contribution is 2.31. The van der Waals surface area contributed by atoms with Crippen LogP contribution in [0.4, 0.5) is 24.5 Å². The zero-order chi connectivity index (χ0) is 28.1. The minimum atomic E-state index is -4.34. The highest BCUT2D eigenvalue weighted by atomic mass is 32.2. The first-order valence-electron chi connectivity index (χ1n) is 13.6. The Labute approximate surface area is 231 Å². The zero-order valence-electron chi connectivity index (χ0n) is 23.6. The smallest absolute Gasteiger partial charge is 0.382 e. The fraction of sp³-hybridized carbons (Fsp3) is 0.484. The summed E-state index contributed by atoms with van der Waals surface area (Å²) >= 11 is 1.69. The van der Waals surface area contributed by atoms with Crippen molar-refractivity contribution < 1.29 is 13.2 Å². The number of aromatic nitrogens is 1. The number of fused-ring (bicyclic) bond motifs is 1. The second-order valence-corrected chi connectivity index (χ2v) is 9.80. The molecule has 0 fully saturated rings. The molecule has 38 heavy (non-hydrogen) atoms. The van der Waals surface area contributed by atoms with Crippen molar-refractivity contribution in [3.05, 3.63) is 53.7 Å². The van der Waals surface area contributed by atoms with E-state index in [4.69, 9.17) is 0 Å². The van der Waals surface area contributed by atoms with E-state index < -0.39 is 12.7 Å². The molecular weight excluding hydrogens is 503 g/mol. The summed E-state index contributed by atoms with van der Waals surface area (Å²) in [6.07, 6.45) is 2.72. The minimum absolute atomic E-state index is 0.292. The summed E-state index contributed by atoms with van der Waals surface area (Å²) in [4.78, 5) is 1.20. The van der Waals surface area contributed by atoms with Crippen LogP contribution in [0.3, 0.4) is 0 Å². The number of nitrogens with one attached hydrogen (secondary N) is 2. The molecular formula is C31H42F3N3S. The third-order valence-electron chi connectivity index (χ3n) is 6.19. The molecule has 1 heterocycles. The molecule has 7 heteroatoms. The average Bonchev–Trinajstić information content (AvgIpc) is 3.24. The predicted octanol–water partition coefficient (Wildman–Crippen LogP) is 9.36. The number of anilines is 2. The monoisotopic (exact) mass is 545 g/mol. The molecule has 0 bridgehead atoms. The Morgan fingerprint density at radius 3 is 2.29 bits per heavy atom. The predicted molar refractivity (Wildman–Crippen MR) is 160 cm³/mol. The Morgan fingerprint density at radius 1 is 0.974 bits per heavy atom. The van der Waals surface area contributed by atoms with Crippen LogP contribution in [0.25, 0.3) is 10.9 Å². The Balaban J connectivity index is 0.00000247. The van der Waals surface area contributed by atoms with Gasteiger partial charge in [-0.25, -0.2) is 0 Å². The topological polar surface area (TPSA) is 29.0 Å². The molecule has 3 aromatic rings. The molecule has 0 aliphatic heterocycles. The number of hydrogen-bond donors (Lipinski definition) is 2. The quantitative estimate of drug-likeness (QED) is 0.186. The van der Waals surface area contributed by atoms with Crippen molar-refractivity contribution in [1.29, 1.82) is 0 Å². The van der Waals surface area contributed by atoms with E-state index in [0.717, 1.165) is 48.9 Å². The Kier molecular flexibility index (Phi) is 13.0. The number of aryl methyl sites for hydroxylation is 1. The van der Waals surface area contributed by atoms with E-state index in [-0.39, 0.29) is 0 Å². The summed E-state index contributed by atoms with van der Waals surface area (Å²) in [5.74, 6) is 6.05. The number of alkyl halides is 3. The van der Waals surface area contributed by atoms with E-state index in [2.05, 4.69) is 55.4 Å². The van der Waals surface area contributed by atoms with E-state index in [0.29, 0.717) is 23.8 Å². The third kappa shape index (κ3) is 8.94. The maximum absolute atomic E-state index is 13.5. The molecule has 208 valence electrons. The SMILES string of the molecule is CC.CCCC(CCC)Nc1cccc2c1cc(C#CCNc1ccc(SC)cc1CC)n2CC(F)(F)F. The van der Waals surface area contributed by atoms with Gasteiger partial charge in [0.05, 0.1) is 17.8 Å². The van der Waals surface area contributed by atoms with Crippen molar-refractivity contribution in [3.8, 4) is 11.8 Å². The van der Waals surface area contributed by atoms with E-state index in [1.807, 2.05) is 38.3 Å². The van der Waals surface area contributed by atoms with Crippen molar-refractivity contribution in [2.24, 2.45) is 0 Å². The van der Waals surface area contributed by atoms with Crippen LogP contribution in [0.15, 0.2) is 47.4 Å². The van der Waals surface area contributed by atoms with Gasteiger partial charge in [-0.05, 0) is 73.4 Å². The van der Waals surface area contributed by atoms with Crippen molar-refractivity contribution in [2.45, 2.75) is 90.4 Å². The molecule has 0 unspecified atom stereocenters. The number of nitrogens with zero attached hydrogens (tertiary/aromatic N) is 1. The second kappa shape index (κ2) is 15.6. The van der Waals surface area contributed by atoms with Crippen molar-refractivity contribution in [1.82, 2.24) is 4.57 Å². The van der Waals surface area contributed by atoms with Crippen LogP contribution >= 0.6 is 11.8 Å². The van der Waals surface area contributed by atoms with Gasteiger partial charge >= 0.3 is 6.18 Å². The maximum atomic E-state index is 13.5. The summed E-state index contributed by atoms with van der Waals surface area (Å²) in [6, 6.07) is 13.8. The van der Waals surface area contributed by atoms with Crippen molar-refractivity contribution in [2.75, 3.05) is 23.4 Å². The zero-order valence-corrected chi connectivity index (χ0v) is 24.4. The third-order valence-corrected chi connectivity index (χ3v) is 6.92. The molecule has 0 spiro atoms. The first kappa shape index (κ1) is 31.5. The van der Waals surface area contributed by atoms with E-state index in [9.17, 15) is 13.2 Å². The summed E-state index contributed by atoms with van der Waals surface area (Å²) in [6.45, 7) is 9.67. The van der Waals surface area contributed by atoms with Gasteiger partial charge in [0.25, 0.3) is 0 Å². The lowest BCUT2D eigenvalue weighted by Crippen LogP contribution is -2.19. The van der Waals surface area contributed by atoms with Crippen LogP contribution in [-0.2, 0) is 13.0 Å². The van der Waals surface area contributed by atoms with Gasteiger partial charge < -0.3 is 15.2 Å². The normalized spacial score (nSPS) is 11.1. The molecule has 0 saturated heterocycles. The van der Waals surface area contributed by atoms with Crippen molar-refractivity contribution >= 4 is 34.0 Å². The number of thioether (sulfide) groups is 1. The van der Waals surface area contributed by atoms with Crippen LogP contribution in [0.5, 0.6) is 0 Å². The summed E-state index contributed by atoms with van der Waals surface area (Å²) in [7, 11) is 0. The van der Waals surface area contributed by atoms with Gasteiger partial charge in [0, 0.05) is 27.7 Å². The van der Waals surface area contributed by atoms with Crippen molar-refractivity contribution in [3.63, 3.8) is 0 Å². The van der Waals surface area contributed by atoms with E-state index >= 15 is 0 Å². The first-order valence-corrected chi connectivity index (χ1v) is 14.9. The number of rotatable bonds is 11. The van der Waals surface area contributed by atoms with Gasteiger partial charge in [0.15, 0.2) is 0 Å². The summed E-state index contributed by atoms with van der Waals surface area (Å²) < 4.78 is 41.8. The lowest BCUT2D eigenvalue weighted by atomic mass is 10.1. The van der Waals surface area contributed by atoms with Gasteiger partial charge in [0.2, 0.25) is 0 Å². The van der Waals surface area contributed by atoms with Gasteiger partial charge in [-0.2, -0.15) is 13.2 Å². The molecule has 0 atom stereocenters. The van der Waals surface area contributed by atoms with Gasteiger partial charge in [-0.15, -0.1) is 11.8 Å². The van der Waals surface area contributed by atoms with Crippen LogP contribution in [0.1, 0.15) is 71.6 Å². The lowest BCUT2D eigenvalue weighted by molar-refractivity contribution is -0.140. The fourth-order valence-electron chi connectivity index (χ4n) is 4.51. The number of hydrogen-bond acceptors (Lipinski definition) is 3. The van der Waals surface area contributed by atoms with E-state index in [1.165, 1.54) is 15.0 Å². The molecule has 1 aromatic heterocycles. The van der Waals surface area contributed by atoms with Crippen LogP contribution in [-0.4, -0.2) is 29.6 Å². The number of benzene rings is 2. The standard InChI is InChI=1S/C29H36F3N3S.C2H6/c1-5-10-22(11-6-2)34-27-13-8-14-28-25(27)19-23(35(28)20-29(30,31)32)12-9-17-33-26-16-15-24(36-4)18-21(26)7-3;1-2/h8,13-16,18-19,22,33-34H,5-7,10-11,17,20H2,1-4H3;1-2H3. The Hall–Kier alpha value is -2.72. The highest BCUT2D eigenvalue weighted by Gasteiger charge is 2.30. The Morgan fingerprint density at radius 2 is 1.68 bits per heavy atom. The van der Waals surface area contributed by atoms with Gasteiger partial charge in [-0.3, -0.25) is 0 Å². The minimum Gasteiger partial charge on any atom is -0.382 e. The van der Waals surface area contributed by atoms with Crippen LogP contribution in [0.2, 0.25) is 0 Å². The summed E-state index contributed by atoms with van der Waals surface area (Å²) in [5, 5.41) is 7.68. The second-order valence-electron chi connectivity index (χ2n) is 8.92. The largest absolute Gasteiger partial charge is 0.406 e. The number of halogens is 3. The molecule has 0 radical (unpaired) electrons. The summed E-state index contributed by atoms with van der Waals surface area (Å²) in [5.41, 5.74) is 3.98. The van der Waals surface area contributed by atoms with Gasteiger partial charge in [0.1, 0.15) is 6.54 Å². The molecule has 0 saturated carbocycles. The van der Waals surface area contributed by atoms with Crippen LogP contribution in [0, 0.1) is 11.8 Å². The fourth-order valence-corrected chi connectivity index (χ4v) is 4.97.